The number of hydrogen-bond acceptors (Lipinski definition) is 3. The summed E-state index contributed by atoms with van der Waals surface area (Å²) < 4.78 is 33.8. The molecule has 3 nitrogen and oxygen atoms in total. The quantitative estimate of drug-likeness (QED) is 0.575. The molecule has 2 aromatic rings. The molecule has 0 N–H and O–H groups in total. The molecule has 1 atom stereocenters. The Kier molecular flexibility index (Phi) is 4.94. The molecule has 3 rings (SSSR count). The minimum Gasteiger partial charge on any atom is -0.423 e. The molecule has 0 heterocycles. The predicted molar refractivity (Wildman–Crippen MR) is 92.7 cm³/mol. The lowest BCUT2D eigenvalue weighted by Gasteiger charge is -2.16. The monoisotopic (exact) mass is 351 g/mol. The van der Waals surface area contributed by atoms with Gasteiger partial charge in [-0.25, -0.2) is 13.6 Å². The minimum absolute atomic E-state index is 0.104. The molecular formula is C21H15F2NO2. The summed E-state index contributed by atoms with van der Waals surface area (Å²) in [6.07, 6.45) is 6.43. The Bertz CT molecular complexity index is 930. The molecule has 1 unspecified atom stereocenters. The van der Waals surface area contributed by atoms with Gasteiger partial charge in [-0.15, -0.1) is 0 Å². The number of hydrogen-bond donors (Lipinski definition) is 0. The zero-order valence-corrected chi connectivity index (χ0v) is 14.0. The van der Waals surface area contributed by atoms with E-state index in [0.717, 1.165) is 5.57 Å². The third kappa shape index (κ3) is 3.70. The highest BCUT2D eigenvalue weighted by Gasteiger charge is 2.23. The highest BCUT2D eigenvalue weighted by molar-refractivity contribution is 5.91. The van der Waals surface area contributed by atoms with Crippen LogP contribution in [0, 0.1) is 23.0 Å². The van der Waals surface area contributed by atoms with Crippen molar-refractivity contribution in [1.82, 2.24) is 0 Å². The summed E-state index contributed by atoms with van der Waals surface area (Å²) in [7, 11) is 0. The fourth-order valence-corrected chi connectivity index (χ4v) is 2.73. The summed E-state index contributed by atoms with van der Waals surface area (Å²) in [6.45, 7) is 1.95. The zero-order valence-electron chi connectivity index (χ0n) is 14.0. The molecule has 0 radical (unpaired) electrons. The molecular weight excluding hydrogens is 336 g/mol. The summed E-state index contributed by atoms with van der Waals surface area (Å²) in [5.41, 5.74) is 1.22. The van der Waals surface area contributed by atoms with Gasteiger partial charge in [-0.3, -0.25) is 0 Å². The molecule has 0 fully saturated rings. The molecule has 0 spiro atoms. The number of ether oxygens (including phenoxy) is 1. The van der Waals surface area contributed by atoms with Gasteiger partial charge in [-0.1, -0.05) is 23.8 Å². The Morgan fingerprint density at radius 2 is 1.85 bits per heavy atom. The minimum atomic E-state index is -1.12. The second-order valence-corrected chi connectivity index (χ2v) is 6.03. The van der Waals surface area contributed by atoms with Crippen LogP contribution in [0.1, 0.15) is 40.7 Å². The van der Waals surface area contributed by atoms with Crippen molar-refractivity contribution in [3.05, 3.63) is 88.5 Å². The van der Waals surface area contributed by atoms with Gasteiger partial charge in [0.1, 0.15) is 22.9 Å². The number of halogens is 2. The van der Waals surface area contributed by atoms with Gasteiger partial charge in [0.25, 0.3) is 0 Å². The van der Waals surface area contributed by atoms with Crippen LogP contribution >= 0.6 is 0 Å². The van der Waals surface area contributed by atoms with Crippen molar-refractivity contribution >= 4 is 5.97 Å². The SMILES string of the molecule is CC1=CCC(c2cc(F)c(C(=O)Oc3ccc(C#N)cc3)c(F)c2)C=C1. The van der Waals surface area contributed by atoms with Crippen molar-refractivity contribution in [2.45, 2.75) is 19.3 Å². The van der Waals surface area contributed by atoms with Gasteiger partial charge in [-0.2, -0.15) is 5.26 Å². The molecule has 5 heteroatoms. The molecule has 2 aromatic carbocycles. The summed E-state index contributed by atoms with van der Waals surface area (Å²) >= 11 is 0. The first kappa shape index (κ1) is 17.6. The van der Waals surface area contributed by atoms with E-state index >= 15 is 0 Å². The Morgan fingerprint density at radius 1 is 1.19 bits per heavy atom. The van der Waals surface area contributed by atoms with Crippen molar-refractivity contribution in [1.29, 1.82) is 5.26 Å². The Labute approximate surface area is 149 Å². The molecule has 0 aliphatic heterocycles. The third-order valence-electron chi connectivity index (χ3n) is 4.18. The Hall–Kier alpha value is -3.26. The largest absolute Gasteiger partial charge is 0.423 e. The van der Waals surface area contributed by atoms with Gasteiger partial charge in [0.05, 0.1) is 11.6 Å². The number of carbonyl (C=O) groups excluding carboxylic acids is 1. The van der Waals surface area contributed by atoms with Crippen molar-refractivity contribution in [3.8, 4) is 11.8 Å². The van der Waals surface area contributed by atoms with Gasteiger partial charge in [0.15, 0.2) is 0 Å². The van der Waals surface area contributed by atoms with Gasteiger partial charge >= 0.3 is 5.97 Å². The molecule has 130 valence electrons. The third-order valence-corrected chi connectivity index (χ3v) is 4.18. The number of nitriles is 1. The molecule has 0 aromatic heterocycles. The number of nitrogens with zero attached hydrogens (tertiary/aromatic N) is 1. The van der Waals surface area contributed by atoms with Crippen LogP contribution in [0.3, 0.4) is 0 Å². The first-order valence-electron chi connectivity index (χ1n) is 8.04. The average Bonchev–Trinajstić information content (AvgIpc) is 2.62. The molecule has 0 saturated carbocycles. The van der Waals surface area contributed by atoms with E-state index in [1.54, 1.807) is 0 Å². The lowest BCUT2D eigenvalue weighted by molar-refractivity contribution is 0.0724. The Morgan fingerprint density at radius 3 is 2.38 bits per heavy atom. The molecule has 1 aliphatic carbocycles. The van der Waals surface area contributed by atoms with Gasteiger partial charge in [0, 0.05) is 5.92 Å². The van der Waals surface area contributed by atoms with E-state index in [9.17, 15) is 13.6 Å². The standard InChI is InChI=1S/C21H15F2NO2/c1-13-2-6-15(7-3-13)16-10-18(22)20(19(23)11-16)21(25)26-17-8-4-14(12-24)5-9-17/h2-6,8-11,15H,7H2,1H3. The average molecular weight is 351 g/mol. The van der Waals surface area contributed by atoms with E-state index in [1.165, 1.54) is 36.4 Å². The highest BCUT2D eigenvalue weighted by Crippen LogP contribution is 2.29. The molecule has 26 heavy (non-hydrogen) atoms. The molecule has 0 saturated heterocycles. The zero-order chi connectivity index (χ0) is 18.7. The maximum Gasteiger partial charge on any atom is 0.349 e. The van der Waals surface area contributed by atoms with Crippen LogP contribution < -0.4 is 4.74 Å². The molecule has 0 bridgehead atoms. The fourth-order valence-electron chi connectivity index (χ4n) is 2.73. The fraction of sp³-hybridized carbons (Fsp3) is 0.143. The lowest BCUT2D eigenvalue weighted by atomic mass is 9.90. The van der Waals surface area contributed by atoms with E-state index < -0.39 is 23.2 Å². The predicted octanol–water partition coefficient (Wildman–Crippen LogP) is 5.05. The number of carbonyl (C=O) groups is 1. The summed E-state index contributed by atoms with van der Waals surface area (Å²) in [4.78, 5) is 12.2. The lowest BCUT2D eigenvalue weighted by Crippen LogP contribution is -2.14. The maximum absolute atomic E-state index is 14.4. The van der Waals surface area contributed by atoms with Gasteiger partial charge in [-0.05, 0) is 55.3 Å². The number of benzene rings is 2. The van der Waals surface area contributed by atoms with Crippen molar-refractivity contribution in [2.24, 2.45) is 0 Å². The summed E-state index contributed by atoms with van der Waals surface area (Å²) in [5.74, 6) is -3.07. The second-order valence-electron chi connectivity index (χ2n) is 6.03. The number of allylic oxidation sites excluding steroid dienone is 4. The normalized spacial score (nSPS) is 15.9. The van der Waals surface area contributed by atoms with E-state index in [2.05, 4.69) is 0 Å². The van der Waals surface area contributed by atoms with Crippen LogP contribution in [0.15, 0.2) is 60.2 Å². The smallest absolute Gasteiger partial charge is 0.349 e. The summed E-state index contributed by atoms with van der Waals surface area (Å²) in [5, 5.41) is 8.74. The number of rotatable bonds is 3. The van der Waals surface area contributed by atoms with Crippen molar-refractivity contribution < 1.29 is 18.3 Å². The van der Waals surface area contributed by atoms with E-state index in [4.69, 9.17) is 10.00 Å². The Balaban J connectivity index is 1.82. The molecule has 0 amide bonds. The second kappa shape index (κ2) is 7.32. The first-order valence-corrected chi connectivity index (χ1v) is 8.04. The first-order chi connectivity index (χ1) is 12.5. The van der Waals surface area contributed by atoms with Crippen LogP contribution in [-0.2, 0) is 0 Å². The molecule has 1 aliphatic rings. The van der Waals surface area contributed by atoms with Crippen LogP contribution in [0.4, 0.5) is 8.78 Å². The van der Waals surface area contributed by atoms with Gasteiger partial charge in [0.2, 0.25) is 0 Å². The van der Waals surface area contributed by atoms with Crippen molar-refractivity contribution in [2.75, 3.05) is 0 Å². The van der Waals surface area contributed by atoms with Gasteiger partial charge < -0.3 is 4.74 Å². The summed E-state index contributed by atoms with van der Waals surface area (Å²) in [6, 6.07) is 9.94. The topological polar surface area (TPSA) is 50.1 Å². The van der Waals surface area contributed by atoms with Crippen molar-refractivity contribution in [3.63, 3.8) is 0 Å². The van der Waals surface area contributed by atoms with Crippen LogP contribution in [0.5, 0.6) is 5.75 Å². The van der Waals surface area contributed by atoms with Crippen LogP contribution in [-0.4, -0.2) is 5.97 Å². The van der Waals surface area contributed by atoms with E-state index in [-0.39, 0.29) is 11.7 Å². The highest BCUT2D eigenvalue weighted by atomic mass is 19.1. The van der Waals surface area contributed by atoms with Crippen LogP contribution in [0.25, 0.3) is 0 Å². The van der Waals surface area contributed by atoms with Crippen LogP contribution in [0.2, 0.25) is 0 Å². The number of esters is 1. The maximum atomic E-state index is 14.4. The van der Waals surface area contributed by atoms with E-state index in [1.807, 2.05) is 31.2 Å². The van der Waals surface area contributed by atoms with E-state index in [0.29, 0.717) is 17.5 Å².